The smallest absolute Gasteiger partial charge is 0.433 e. The molecule has 23 heavy (non-hydrogen) atoms. The van der Waals surface area contributed by atoms with E-state index in [0.29, 0.717) is 13.1 Å². The van der Waals surface area contributed by atoms with Crippen molar-refractivity contribution in [2.24, 2.45) is 0 Å². The topological polar surface area (TPSA) is 112 Å². The SMILES string of the molecule is O=C(c1ccc([N+](=O)[O-])o1)N1CCCC(Oc2ncccn2)C1. The van der Waals surface area contributed by atoms with Gasteiger partial charge in [-0.1, -0.05) is 0 Å². The summed E-state index contributed by atoms with van der Waals surface area (Å²) >= 11 is 0. The van der Waals surface area contributed by atoms with Crippen LogP contribution in [0.3, 0.4) is 0 Å². The summed E-state index contributed by atoms with van der Waals surface area (Å²) in [6, 6.07) is 4.43. The van der Waals surface area contributed by atoms with Crippen molar-refractivity contribution < 1.29 is 18.9 Å². The Labute approximate surface area is 131 Å². The van der Waals surface area contributed by atoms with Crippen LogP contribution in [0.15, 0.2) is 35.0 Å². The first-order valence-corrected chi connectivity index (χ1v) is 7.10. The van der Waals surface area contributed by atoms with Crippen LogP contribution in [0.4, 0.5) is 5.88 Å². The third-order valence-electron chi connectivity index (χ3n) is 3.46. The fourth-order valence-corrected chi connectivity index (χ4v) is 2.41. The Kier molecular flexibility index (Phi) is 4.18. The second-order valence-electron chi connectivity index (χ2n) is 5.06. The molecule has 0 aliphatic carbocycles. The zero-order chi connectivity index (χ0) is 16.2. The molecule has 1 aliphatic rings. The number of ether oxygens (including phenoxy) is 1. The first kappa shape index (κ1) is 14.9. The van der Waals surface area contributed by atoms with Crippen LogP contribution < -0.4 is 4.74 Å². The molecule has 9 heteroatoms. The summed E-state index contributed by atoms with van der Waals surface area (Å²) in [5.74, 6) is -0.885. The van der Waals surface area contributed by atoms with Crippen LogP contribution in [-0.2, 0) is 0 Å². The number of hydrogen-bond acceptors (Lipinski definition) is 7. The Morgan fingerprint density at radius 1 is 1.39 bits per heavy atom. The van der Waals surface area contributed by atoms with E-state index in [0.717, 1.165) is 12.8 Å². The molecule has 0 N–H and O–H groups in total. The number of aromatic nitrogens is 2. The number of carbonyl (C=O) groups is 1. The lowest BCUT2D eigenvalue weighted by molar-refractivity contribution is -0.402. The highest BCUT2D eigenvalue weighted by atomic mass is 16.6. The van der Waals surface area contributed by atoms with E-state index in [-0.39, 0.29) is 23.8 Å². The molecule has 0 radical (unpaired) electrons. The maximum atomic E-state index is 12.4. The zero-order valence-corrected chi connectivity index (χ0v) is 12.1. The molecule has 2 aromatic rings. The summed E-state index contributed by atoms with van der Waals surface area (Å²) in [6.07, 6.45) is 4.47. The third kappa shape index (κ3) is 3.44. The normalized spacial score (nSPS) is 17.7. The van der Waals surface area contributed by atoms with Gasteiger partial charge in [0.25, 0.3) is 5.91 Å². The van der Waals surface area contributed by atoms with Crippen molar-refractivity contribution in [2.45, 2.75) is 18.9 Å². The molecule has 0 bridgehead atoms. The summed E-state index contributed by atoms with van der Waals surface area (Å²) in [4.78, 5) is 31.8. The zero-order valence-electron chi connectivity index (χ0n) is 12.1. The van der Waals surface area contributed by atoms with Gasteiger partial charge in [0, 0.05) is 18.9 Å². The van der Waals surface area contributed by atoms with Crippen LogP contribution in [0.5, 0.6) is 6.01 Å². The van der Waals surface area contributed by atoms with E-state index in [1.54, 1.807) is 23.4 Å². The molecule has 1 unspecified atom stereocenters. The predicted molar refractivity (Wildman–Crippen MR) is 76.9 cm³/mol. The number of furan rings is 1. The van der Waals surface area contributed by atoms with Crippen molar-refractivity contribution in [1.29, 1.82) is 0 Å². The standard InChI is InChI=1S/C14H14N4O5/c19-13(11-4-5-12(23-11)18(20)21)17-8-1-3-10(9-17)22-14-15-6-2-7-16-14/h2,4-7,10H,1,3,8-9H2. The third-order valence-corrected chi connectivity index (χ3v) is 3.46. The molecule has 1 atom stereocenters. The van der Waals surface area contributed by atoms with E-state index in [4.69, 9.17) is 9.15 Å². The van der Waals surface area contributed by atoms with Gasteiger partial charge in [-0.05, 0) is 25.0 Å². The van der Waals surface area contributed by atoms with Gasteiger partial charge in [0.05, 0.1) is 12.6 Å². The average Bonchev–Trinajstić information content (AvgIpc) is 3.06. The molecule has 3 rings (SSSR count). The number of hydrogen-bond donors (Lipinski definition) is 0. The van der Waals surface area contributed by atoms with Gasteiger partial charge in [-0.15, -0.1) is 0 Å². The van der Waals surface area contributed by atoms with Crippen LogP contribution in [0, 0.1) is 10.1 Å². The second kappa shape index (κ2) is 6.42. The fourth-order valence-electron chi connectivity index (χ4n) is 2.41. The fraction of sp³-hybridized carbons (Fsp3) is 0.357. The lowest BCUT2D eigenvalue weighted by Crippen LogP contribution is -2.44. The Hall–Kier alpha value is -2.97. The highest BCUT2D eigenvalue weighted by Crippen LogP contribution is 2.21. The van der Waals surface area contributed by atoms with Crippen molar-refractivity contribution in [1.82, 2.24) is 14.9 Å². The summed E-state index contributed by atoms with van der Waals surface area (Å²) in [5, 5.41) is 10.6. The molecule has 1 saturated heterocycles. The largest absolute Gasteiger partial charge is 0.458 e. The molecule has 0 saturated carbocycles. The Balaban J connectivity index is 1.65. The number of amides is 1. The summed E-state index contributed by atoms with van der Waals surface area (Å²) in [6.45, 7) is 0.897. The van der Waals surface area contributed by atoms with Crippen LogP contribution in [0.2, 0.25) is 0 Å². The minimum absolute atomic E-state index is 0.0479. The molecule has 9 nitrogen and oxygen atoms in total. The maximum absolute atomic E-state index is 12.4. The Bertz CT molecular complexity index is 702. The molecular formula is C14H14N4O5. The van der Waals surface area contributed by atoms with Crippen molar-refractivity contribution in [2.75, 3.05) is 13.1 Å². The lowest BCUT2D eigenvalue weighted by Gasteiger charge is -2.31. The van der Waals surface area contributed by atoms with Crippen LogP contribution in [0.1, 0.15) is 23.4 Å². The lowest BCUT2D eigenvalue weighted by atomic mass is 10.1. The van der Waals surface area contributed by atoms with Crippen LogP contribution >= 0.6 is 0 Å². The van der Waals surface area contributed by atoms with Gasteiger partial charge < -0.3 is 14.1 Å². The molecule has 0 spiro atoms. The van der Waals surface area contributed by atoms with Crippen molar-refractivity contribution in [3.63, 3.8) is 0 Å². The number of nitro groups is 1. The molecule has 120 valence electrons. The van der Waals surface area contributed by atoms with Crippen molar-refractivity contribution >= 4 is 11.8 Å². The molecule has 1 fully saturated rings. The van der Waals surface area contributed by atoms with E-state index >= 15 is 0 Å². The highest BCUT2D eigenvalue weighted by Gasteiger charge is 2.28. The first-order chi connectivity index (χ1) is 11.1. The number of rotatable bonds is 4. The summed E-state index contributed by atoms with van der Waals surface area (Å²) in [5.41, 5.74) is 0. The molecule has 0 aromatic carbocycles. The minimum Gasteiger partial charge on any atom is -0.458 e. The average molecular weight is 318 g/mol. The number of likely N-dealkylation sites (tertiary alicyclic amines) is 1. The maximum Gasteiger partial charge on any atom is 0.433 e. The van der Waals surface area contributed by atoms with E-state index in [9.17, 15) is 14.9 Å². The van der Waals surface area contributed by atoms with Gasteiger partial charge in [0.1, 0.15) is 11.0 Å². The summed E-state index contributed by atoms with van der Waals surface area (Å²) in [7, 11) is 0. The van der Waals surface area contributed by atoms with Gasteiger partial charge in [-0.2, -0.15) is 0 Å². The number of piperidine rings is 1. The minimum atomic E-state index is -0.675. The quantitative estimate of drug-likeness (QED) is 0.622. The highest BCUT2D eigenvalue weighted by molar-refractivity contribution is 5.91. The van der Waals surface area contributed by atoms with E-state index in [1.807, 2.05) is 0 Å². The summed E-state index contributed by atoms with van der Waals surface area (Å²) < 4.78 is 10.6. The Morgan fingerprint density at radius 3 is 2.87 bits per heavy atom. The van der Waals surface area contributed by atoms with Gasteiger partial charge in [-0.3, -0.25) is 14.9 Å². The first-order valence-electron chi connectivity index (χ1n) is 7.10. The molecule has 2 aromatic heterocycles. The number of carbonyl (C=O) groups excluding carboxylic acids is 1. The molecular weight excluding hydrogens is 304 g/mol. The van der Waals surface area contributed by atoms with E-state index < -0.39 is 10.8 Å². The van der Waals surface area contributed by atoms with Crippen molar-refractivity contribution in [3.8, 4) is 6.01 Å². The van der Waals surface area contributed by atoms with Crippen LogP contribution in [0.25, 0.3) is 0 Å². The number of nitrogens with zero attached hydrogens (tertiary/aromatic N) is 4. The molecule has 1 aliphatic heterocycles. The van der Waals surface area contributed by atoms with Gasteiger partial charge in [0.2, 0.25) is 0 Å². The second-order valence-corrected chi connectivity index (χ2v) is 5.06. The predicted octanol–water partition coefficient (Wildman–Crippen LogP) is 1.66. The monoisotopic (exact) mass is 318 g/mol. The van der Waals surface area contributed by atoms with E-state index in [1.165, 1.54) is 12.1 Å². The van der Waals surface area contributed by atoms with Gasteiger partial charge in [0.15, 0.2) is 5.76 Å². The van der Waals surface area contributed by atoms with Gasteiger partial charge in [-0.25, -0.2) is 9.97 Å². The Morgan fingerprint density at radius 2 is 2.17 bits per heavy atom. The van der Waals surface area contributed by atoms with Gasteiger partial charge >= 0.3 is 11.9 Å². The van der Waals surface area contributed by atoms with Crippen LogP contribution in [-0.4, -0.2) is 44.9 Å². The van der Waals surface area contributed by atoms with Crippen molar-refractivity contribution in [3.05, 3.63) is 46.5 Å². The molecule has 1 amide bonds. The van der Waals surface area contributed by atoms with E-state index in [2.05, 4.69) is 9.97 Å². The molecule has 3 heterocycles.